The Morgan fingerprint density at radius 3 is 2.77 bits per heavy atom. The second-order valence-electron chi connectivity index (χ2n) is 6.32. The van der Waals surface area contributed by atoms with Crippen LogP contribution in [-0.4, -0.2) is 30.6 Å². The lowest BCUT2D eigenvalue weighted by atomic mass is 9.96. The second-order valence-corrected chi connectivity index (χ2v) is 6.32. The Hall–Kier alpha value is -2.04. The van der Waals surface area contributed by atoms with E-state index in [4.69, 9.17) is 9.47 Å². The Kier molecular flexibility index (Phi) is 3.38. The molecule has 2 aliphatic rings. The molecular formula is C17H21NO4. The molecule has 1 amide bonds. The maximum atomic E-state index is 12.6. The normalized spacial score (nSPS) is 21.4. The van der Waals surface area contributed by atoms with Crippen molar-refractivity contribution in [2.75, 3.05) is 18.1 Å². The average molecular weight is 303 g/mol. The highest BCUT2D eigenvalue weighted by molar-refractivity contribution is 6.16. The fraction of sp³-hybridized carbons (Fsp3) is 0.529. The van der Waals surface area contributed by atoms with Gasteiger partial charge in [-0.05, 0) is 39.8 Å². The first kappa shape index (κ1) is 14.9. The Bertz CT molecular complexity index is 650. The number of carbonyl (C=O) groups is 2. The maximum absolute atomic E-state index is 12.6. The van der Waals surface area contributed by atoms with Crippen LogP contribution in [0.1, 0.15) is 44.7 Å². The molecule has 1 aromatic carbocycles. The molecule has 22 heavy (non-hydrogen) atoms. The van der Waals surface area contributed by atoms with Crippen molar-refractivity contribution >= 4 is 17.6 Å². The molecule has 0 fully saturated rings. The number of rotatable bonds is 3. The lowest BCUT2D eigenvalue weighted by molar-refractivity contribution is -0.147. The average Bonchev–Trinajstić information content (AvgIpc) is 2.86. The van der Waals surface area contributed by atoms with Crippen LogP contribution in [0.5, 0.6) is 5.75 Å². The molecule has 0 saturated carbocycles. The number of ether oxygens (including phenoxy) is 2. The molecule has 0 aliphatic carbocycles. The van der Waals surface area contributed by atoms with Gasteiger partial charge in [-0.1, -0.05) is 0 Å². The largest absolute Gasteiger partial charge is 0.487 e. The van der Waals surface area contributed by atoms with Crippen LogP contribution in [0.25, 0.3) is 0 Å². The summed E-state index contributed by atoms with van der Waals surface area (Å²) in [5.74, 6) is -0.794. The molecule has 0 spiro atoms. The third-order valence-electron chi connectivity index (χ3n) is 4.17. The number of amides is 1. The predicted octanol–water partition coefficient (Wildman–Crippen LogP) is 2.41. The summed E-state index contributed by atoms with van der Waals surface area (Å²) >= 11 is 0. The molecule has 0 saturated heterocycles. The van der Waals surface area contributed by atoms with Gasteiger partial charge in [0.2, 0.25) is 5.91 Å². The molecule has 5 heteroatoms. The molecule has 2 aliphatic heterocycles. The SMILES string of the molecule is CCOC(=O)C1C(=O)N(CC)c2cc3c(cc21)OC(C)(C)C3. The van der Waals surface area contributed by atoms with E-state index in [9.17, 15) is 9.59 Å². The minimum Gasteiger partial charge on any atom is -0.487 e. The van der Waals surface area contributed by atoms with E-state index in [1.165, 1.54) is 0 Å². The van der Waals surface area contributed by atoms with Crippen molar-refractivity contribution in [3.8, 4) is 5.75 Å². The summed E-state index contributed by atoms with van der Waals surface area (Å²) in [6, 6.07) is 3.83. The van der Waals surface area contributed by atoms with Crippen molar-refractivity contribution in [1.29, 1.82) is 0 Å². The van der Waals surface area contributed by atoms with Gasteiger partial charge in [0.15, 0.2) is 5.92 Å². The molecule has 2 heterocycles. The minimum atomic E-state index is -0.868. The van der Waals surface area contributed by atoms with E-state index in [1.807, 2.05) is 32.9 Å². The van der Waals surface area contributed by atoms with Crippen molar-refractivity contribution in [3.05, 3.63) is 23.3 Å². The summed E-state index contributed by atoms with van der Waals surface area (Å²) < 4.78 is 11.0. The number of hydrogen-bond acceptors (Lipinski definition) is 4. The summed E-state index contributed by atoms with van der Waals surface area (Å²) in [4.78, 5) is 26.4. The Balaban J connectivity index is 2.08. The van der Waals surface area contributed by atoms with Crippen LogP contribution < -0.4 is 9.64 Å². The highest BCUT2D eigenvalue weighted by Crippen LogP contribution is 2.45. The van der Waals surface area contributed by atoms with Crippen LogP contribution in [0.4, 0.5) is 5.69 Å². The lowest BCUT2D eigenvalue weighted by Crippen LogP contribution is -2.32. The van der Waals surface area contributed by atoms with Crippen molar-refractivity contribution in [2.24, 2.45) is 0 Å². The Morgan fingerprint density at radius 1 is 1.41 bits per heavy atom. The van der Waals surface area contributed by atoms with Gasteiger partial charge >= 0.3 is 5.97 Å². The van der Waals surface area contributed by atoms with E-state index in [0.717, 1.165) is 23.4 Å². The van der Waals surface area contributed by atoms with E-state index >= 15 is 0 Å². The van der Waals surface area contributed by atoms with Crippen LogP contribution >= 0.6 is 0 Å². The summed E-state index contributed by atoms with van der Waals surface area (Å²) in [5.41, 5.74) is 2.34. The fourth-order valence-electron chi connectivity index (χ4n) is 3.31. The molecule has 1 unspecified atom stereocenters. The van der Waals surface area contributed by atoms with Gasteiger partial charge in [0.1, 0.15) is 11.4 Å². The van der Waals surface area contributed by atoms with E-state index in [0.29, 0.717) is 12.1 Å². The summed E-state index contributed by atoms with van der Waals surface area (Å²) in [7, 11) is 0. The van der Waals surface area contributed by atoms with Gasteiger partial charge in [0.25, 0.3) is 0 Å². The zero-order valence-electron chi connectivity index (χ0n) is 13.4. The Labute approximate surface area is 130 Å². The highest BCUT2D eigenvalue weighted by atomic mass is 16.5. The van der Waals surface area contributed by atoms with Crippen LogP contribution in [0, 0.1) is 0 Å². The van der Waals surface area contributed by atoms with Gasteiger partial charge < -0.3 is 14.4 Å². The number of benzene rings is 1. The first-order valence-corrected chi connectivity index (χ1v) is 7.71. The second kappa shape index (κ2) is 5.00. The standard InChI is InChI=1S/C17H21NO4/c1-5-18-12-7-10-9-17(3,4)22-13(10)8-11(12)14(15(18)19)16(20)21-6-2/h7-8,14H,5-6,9H2,1-4H3. The fourth-order valence-corrected chi connectivity index (χ4v) is 3.31. The number of anilines is 1. The first-order chi connectivity index (χ1) is 10.4. The van der Waals surface area contributed by atoms with Crippen molar-refractivity contribution in [1.82, 2.24) is 0 Å². The van der Waals surface area contributed by atoms with Gasteiger partial charge in [-0.2, -0.15) is 0 Å². The van der Waals surface area contributed by atoms with Gasteiger partial charge in [0, 0.05) is 29.8 Å². The van der Waals surface area contributed by atoms with E-state index in [-0.39, 0.29) is 18.1 Å². The van der Waals surface area contributed by atoms with Gasteiger partial charge in [-0.15, -0.1) is 0 Å². The molecule has 0 bridgehead atoms. The van der Waals surface area contributed by atoms with Crippen molar-refractivity contribution in [2.45, 2.75) is 45.6 Å². The van der Waals surface area contributed by atoms with Gasteiger partial charge in [-0.25, -0.2) is 0 Å². The van der Waals surface area contributed by atoms with Crippen LogP contribution in [0.2, 0.25) is 0 Å². The van der Waals surface area contributed by atoms with E-state index in [2.05, 4.69) is 0 Å². The lowest BCUT2D eigenvalue weighted by Gasteiger charge is -2.17. The number of carbonyl (C=O) groups excluding carboxylic acids is 2. The van der Waals surface area contributed by atoms with Gasteiger partial charge in [0.05, 0.1) is 6.61 Å². The Morgan fingerprint density at radius 2 is 2.14 bits per heavy atom. The number of hydrogen-bond donors (Lipinski definition) is 0. The summed E-state index contributed by atoms with van der Waals surface area (Å²) in [6.45, 7) is 8.50. The third kappa shape index (κ3) is 2.16. The van der Waals surface area contributed by atoms with E-state index < -0.39 is 11.9 Å². The molecule has 5 nitrogen and oxygen atoms in total. The van der Waals surface area contributed by atoms with Crippen LogP contribution in [0.3, 0.4) is 0 Å². The van der Waals surface area contributed by atoms with E-state index in [1.54, 1.807) is 11.8 Å². The first-order valence-electron chi connectivity index (χ1n) is 7.71. The minimum absolute atomic E-state index is 0.209. The molecule has 3 rings (SSSR count). The topological polar surface area (TPSA) is 55.8 Å². The van der Waals surface area contributed by atoms with Crippen LogP contribution in [-0.2, 0) is 20.7 Å². The predicted molar refractivity (Wildman–Crippen MR) is 82.3 cm³/mol. The summed E-state index contributed by atoms with van der Waals surface area (Å²) in [6.07, 6.45) is 0.797. The molecule has 118 valence electrons. The monoisotopic (exact) mass is 303 g/mol. The third-order valence-corrected chi connectivity index (χ3v) is 4.17. The number of likely N-dealkylation sites (N-methyl/N-ethyl adjacent to an activating group) is 1. The molecule has 1 aromatic rings. The zero-order chi connectivity index (χ0) is 16.1. The molecular weight excluding hydrogens is 282 g/mol. The smallest absolute Gasteiger partial charge is 0.323 e. The van der Waals surface area contributed by atoms with Crippen molar-refractivity contribution < 1.29 is 19.1 Å². The molecule has 0 aromatic heterocycles. The molecule has 0 N–H and O–H groups in total. The zero-order valence-corrected chi connectivity index (χ0v) is 13.4. The molecule has 0 radical (unpaired) electrons. The maximum Gasteiger partial charge on any atom is 0.323 e. The number of esters is 1. The highest BCUT2D eigenvalue weighted by Gasteiger charge is 2.44. The molecule has 1 atom stereocenters. The number of fused-ring (bicyclic) bond motifs is 2. The van der Waals surface area contributed by atoms with Crippen molar-refractivity contribution in [3.63, 3.8) is 0 Å². The van der Waals surface area contributed by atoms with Gasteiger partial charge in [-0.3, -0.25) is 9.59 Å². The number of nitrogens with zero attached hydrogens (tertiary/aromatic N) is 1. The summed E-state index contributed by atoms with van der Waals surface area (Å²) in [5, 5.41) is 0. The van der Waals surface area contributed by atoms with Crippen LogP contribution in [0.15, 0.2) is 12.1 Å². The quantitative estimate of drug-likeness (QED) is 0.635.